The van der Waals surface area contributed by atoms with Crippen LogP contribution in [0.1, 0.15) is 23.9 Å². The van der Waals surface area contributed by atoms with Crippen molar-refractivity contribution in [2.45, 2.75) is 31.6 Å². The Morgan fingerprint density at radius 3 is 2.33 bits per heavy atom. The van der Waals surface area contributed by atoms with E-state index in [0.717, 1.165) is 51.2 Å². The van der Waals surface area contributed by atoms with Crippen LogP contribution < -0.4 is 4.72 Å². The fraction of sp³-hybridized carbons (Fsp3) is 0.167. The monoisotopic (exact) mass is 540 g/mol. The predicted molar refractivity (Wildman–Crippen MR) is 150 cm³/mol. The quantitative estimate of drug-likeness (QED) is 0.274. The van der Waals surface area contributed by atoms with Crippen molar-refractivity contribution >= 4 is 27.1 Å². The summed E-state index contributed by atoms with van der Waals surface area (Å²) in [6.07, 6.45) is 3.77. The molecular formula is C30H28N4O4S. The number of rotatable bonds is 8. The molecule has 2 heterocycles. The smallest absolute Gasteiger partial charge is 0.421 e. The summed E-state index contributed by atoms with van der Waals surface area (Å²) >= 11 is 0. The molecule has 1 amide bonds. The van der Waals surface area contributed by atoms with Gasteiger partial charge in [0.05, 0.1) is 22.5 Å². The Hall–Kier alpha value is -4.50. The van der Waals surface area contributed by atoms with Crippen molar-refractivity contribution in [1.29, 1.82) is 0 Å². The van der Waals surface area contributed by atoms with E-state index in [4.69, 9.17) is 9.72 Å². The molecular weight excluding hydrogens is 512 g/mol. The molecule has 9 heteroatoms. The van der Waals surface area contributed by atoms with E-state index in [1.165, 1.54) is 12.1 Å². The normalized spacial score (nSPS) is 11.4. The summed E-state index contributed by atoms with van der Waals surface area (Å²) in [5.41, 5.74) is 6.98. The number of nitrogens with zero attached hydrogens (tertiary/aromatic N) is 3. The Morgan fingerprint density at radius 2 is 1.64 bits per heavy atom. The molecule has 0 radical (unpaired) electrons. The van der Waals surface area contributed by atoms with Crippen LogP contribution in [0.4, 0.5) is 4.79 Å². The molecule has 5 aromatic rings. The van der Waals surface area contributed by atoms with Crippen molar-refractivity contribution < 1.29 is 17.9 Å². The van der Waals surface area contributed by atoms with Crippen LogP contribution in [0.5, 0.6) is 0 Å². The number of pyridine rings is 1. The van der Waals surface area contributed by atoms with Crippen LogP contribution in [-0.2, 0) is 27.6 Å². The molecule has 0 spiro atoms. The third kappa shape index (κ3) is 5.83. The van der Waals surface area contributed by atoms with Gasteiger partial charge in [0.2, 0.25) is 0 Å². The van der Waals surface area contributed by atoms with Crippen molar-refractivity contribution in [3.8, 4) is 16.8 Å². The number of sulfonamides is 1. The minimum atomic E-state index is -3.98. The number of ether oxygens (including phenoxy) is 1. The first-order valence-electron chi connectivity index (χ1n) is 12.6. The van der Waals surface area contributed by atoms with Crippen molar-refractivity contribution in [3.63, 3.8) is 0 Å². The van der Waals surface area contributed by atoms with E-state index in [1.807, 2.05) is 48.0 Å². The van der Waals surface area contributed by atoms with E-state index in [-0.39, 0.29) is 11.5 Å². The average molecular weight is 541 g/mol. The van der Waals surface area contributed by atoms with Gasteiger partial charge in [-0.05, 0) is 72.1 Å². The second-order valence-electron chi connectivity index (χ2n) is 9.13. The van der Waals surface area contributed by atoms with Crippen LogP contribution in [0.15, 0.2) is 96.2 Å². The Morgan fingerprint density at radius 1 is 0.923 bits per heavy atom. The molecule has 198 valence electrons. The summed E-state index contributed by atoms with van der Waals surface area (Å²) in [6, 6.07) is 24.4. The number of imidazole rings is 1. The highest BCUT2D eigenvalue weighted by atomic mass is 32.2. The Bertz CT molecular complexity index is 1710. The molecule has 0 saturated heterocycles. The maximum absolute atomic E-state index is 12.4. The van der Waals surface area contributed by atoms with Gasteiger partial charge in [0.15, 0.2) is 0 Å². The van der Waals surface area contributed by atoms with Crippen LogP contribution in [0.2, 0.25) is 0 Å². The van der Waals surface area contributed by atoms with Crippen LogP contribution in [0, 0.1) is 6.92 Å². The molecule has 0 fully saturated rings. The first-order valence-corrected chi connectivity index (χ1v) is 14.1. The molecule has 39 heavy (non-hydrogen) atoms. The Balaban J connectivity index is 1.25. The molecule has 3 aromatic carbocycles. The van der Waals surface area contributed by atoms with Gasteiger partial charge in [0, 0.05) is 30.9 Å². The Kier molecular flexibility index (Phi) is 7.42. The van der Waals surface area contributed by atoms with Gasteiger partial charge in [-0.2, -0.15) is 0 Å². The molecule has 0 aliphatic heterocycles. The van der Waals surface area contributed by atoms with Gasteiger partial charge >= 0.3 is 6.09 Å². The number of amides is 1. The zero-order valence-electron chi connectivity index (χ0n) is 21.7. The van der Waals surface area contributed by atoms with E-state index in [0.29, 0.717) is 6.42 Å². The first kappa shape index (κ1) is 26.1. The van der Waals surface area contributed by atoms with E-state index in [9.17, 15) is 13.2 Å². The molecule has 0 unspecified atom stereocenters. The number of hydrogen-bond acceptors (Lipinski definition) is 6. The lowest BCUT2D eigenvalue weighted by molar-refractivity contribution is 0.154. The number of aromatic nitrogens is 3. The molecule has 2 aromatic heterocycles. The second kappa shape index (κ2) is 11.1. The van der Waals surface area contributed by atoms with Crippen LogP contribution in [0.25, 0.3) is 27.8 Å². The number of nitrogens with one attached hydrogen (secondary N) is 1. The average Bonchev–Trinajstić information content (AvgIpc) is 3.32. The fourth-order valence-corrected chi connectivity index (χ4v) is 5.26. The summed E-state index contributed by atoms with van der Waals surface area (Å²) in [7, 11) is -3.98. The number of aryl methyl sites for hydroxylation is 2. The van der Waals surface area contributed by atoms with Gasteiger partial charge in [-0.3, -0.25) is 9.55 Å². The van der Waals surface area contributed by atoms with Gasteiger partial charge < -0.3 is 4.74 Å². The second-order valence-corrected chi connectivity index (χ2v) is 10.8. The number of fused-ring (bicyclic) bond motifs is 1. The Labute approximate surface area is 227 Å². The van der Waals surface area contributed by atoms with Gasteiger partial charge in [-0.25, -0.2) is 22.9 Å². The highest BCUT2D eigenvalue weighted by Crippen LogP contribution is 2.27. The number of carbonyl (C=O) groups is 1. The van der Waals surface area contributed by atoms with E-state index >= 15 is 0 Å². The fourth-order valence-electron chi connectivity index (χ4n) is 4.37. The van der Waals surface area contributed by atoms with E-state index in [2.05, 4.69) is 34.7 Å². The molecule has 0 aliphatic carbocycles. The largest absolute Gasteiger partial charge is 0.448 e. The van der Waals surface area contributed by atoms with Gasteiger partial charge in [-0.1, -0.05) is 42.8 Å². The molecule has 8 nitrogen and oxygen atoms in total. The third-order valence-electron chi connectivity index (χ3n) is 6.42. The highest BCUT2D eigenvalue weighted by molar-refractivity contribution is 7.90. The zero-order valence-corrected chi connectivity index (χ0v) is 22.5. The summed E-state index contributed by atoms with van der Waals surface area (Å²) < 4.78 is 33.9. The molecule has 0 bridgehead atoms. The van der Waals surface area contributed by atoms with Crippen LogP contribution >= 0.6 is 0 Å². The first-order chi connectivity index (χ1) is 18.8. The maximum atomic E-state index is 12.4. The summed E-state index contributed by atoms with van der Waals surface area (Å²) in [5.74, 6) is 0.958. The lowest BCUT2D eigenvalue weighted by atomic mass is 10.1. The van der Waals surface area contributed by atoms with Crippen LogP contribution in [-0.4, -0.2) is 35.7 Å². The molecule has 0 atom stereocenters. The van der Waals surface area contributed by atoms with Gasteiger partial charge in [-0.15, -0.1) is 0 Å². The van der Waals surface area contributed by atoms with Crippen molar-refractivity contribution in [3.05, 3.63) is 108 Å². The number of benzene rings is 3. The van der Waals surface area contributed by atoms with Crippen LogP contribution in [0.3, 0.4) is 0 Å². The molecule has 0 saturated carbocycles. The summed E-state index contributed by atoms with van der Waals surface area (Å²) in [4.78, 5) is 21.1. The van der Waals surface area contributed by atoms with E-state index < -0.39 is 16.1 Å². The van der Waals surface area contributed by atoms with Gasteiger partial charge in [0.25, 0.3) is 10.0 Å². The summed E-state index contributed by atoms with van der Waals surface area (Å²) in [5, 5.41) is 0. The highest BCUT2D eigenvalue weighted by Gasteiger charge is 2.18. The minimum Gasteiger partial charge on any atom is -0.448 e. The third-order valence-corrected chi connectivity index (χ3v) is 7.75. The molecule has 1 N–H and O–H groups in total. The van der Waals surface area contributed by atoms with E-state index in [1.54, 1.807) is 24.5 Å². The summed E-state index contributed by atoms with van der Waals surface area (Å²) in [6.45, 7) is 3.97. The maximum Gasteiger partial charge on any atom is 0.421 e. The lowest BCUT2D eigenvalue weighted by Crippen LogP contribution is -2.31. The molecule has 5 rings (SSSR count). The van der Waals surface area contributed by atoms with Crippen molar-refractivity contribution in [2.75, 3.05) is 6.61 Å². The zero-order chi connectivity index (χ0) is 27.4. The SMILES string of the molecule is CCc1nc2cc(-c3ccncc3)ccc2n1-c1ccc(CCOC(=O)NS(=O)(=O)c2ccc(C)cc2)cc1. The number of carbonyl (C=O) groups excluding carboxylic acids is 1. The minimum absolute atomic E-state index is 0.00713. The van der Waals surface area contributed by atoms with Crippen molar-refractivity contribution in [2.24, 2.45) is 0 Å². The van der Waals surface area contributed by atoms with Crippen molar-refractivity contribution in [1.82, 2.24) is 19.3 Å². The van der Waals surface area contributed by atoms with Gasteiger partial charge in [0.1, 0.15) is 5.82 Å². The number of hydrogen-bond donors (Lipinski definition) is 1. The topological polar surface area (TPSA) is 103 Å². The standard InChI is InChI=1S/C30H28N4O4S/c1-3-29-32-27-20-24(23-14-17-31-18-15-23)8-13-28(27)34(29)25-9-6-22(7-10-25)16-19-38-30(35)33-39(36,37)26-11-4-21(2)5-12-26/h4-15,17-18,20H,3,16,19H2,1-2H3,(H,33,35). The lowest BCUT2D eigenvalue weighted by Gasteiger charge is -2.11. The predicted octanol–water partition coefficient (Wildman–Crippen LogP) is 5.62. The molecule has 0 aliphatic rings.